The number of H-pyrrole nitrogens is 1. The van der Waals surface area contributed by atoms with Gasteiger partial charge in [-0.3, -0.25) is 14.7 Å². The van der Waals surface area contributed by atoms with Crippen molar-refractivity contribution < 1.29 is 14.7 Å². The van der Waals surface area contributed by atoms with Crippen molar-refractivity contribution in [2.75, 3.05) is 13.1 Å². The molecule has 0 aliphatic carbocycles. The van der Waals surface area contributed by atoms with Crippen molar-refractivity contribution >= 4 is 11.9 Å². The number of aromatic nitrogens is 2. The summed E-state index contributed by atoms with van der Waals surface area (Å²) in [4.78, 5) is 24.5. The normalized spacial score (nSPS) is 17.1. The molecule has 0 unspecified atom stereocenters. The number of piperidine rings is 1. The van der Waals surface area contributed by atoms with Gasteiger partial charge in [0, 0.05) is 13.1 Å². The number of aliphatic carboxylic acids is 1. The number of rotatable bonds is 2. The number of carbonyl (C=O) groups excluding carboxylic acids is 1. The van der Waals surface area contributed by atoms with E-state index in [-0.39, 0.29) is 11.8 Å². The molecule has 0 spiro atoms. The lowest BCUT2D eigenvalue weighted by Crippen LogP contribution is -2.40. The van der Waals surface area contributed by atoms with Crippen molar-refractivity contribution in [1.82, 2.24) is 15.1 Å². The lowest BCUT2D eigenvalue weighted by atomic mass is 9.97. The van der Waals surface area contributed by atoms with Gasteiger partial charge in [0.05, 0.1) is 12.1 Å². The van der Waals surface area contributed by atoms with Crippen LogP contribution in [0.2, 0.25) is 0 Å². The van der Waals surface area contributed by atoms with Crippen molar-refractivity contribution in [3.8, 4) is 0 Å². The van der Waals surface area contributed by atoms with Gasteiger partial charge in [-0.1, -0.05) is 0 Å². The van der Waals surface area contributed by atoms with Crippen LogP contribution < -0.4 is 0 Å². The second-order valence-corrected chi connectivity index (χ2v) is 4.33. The minimum Gasteiger partial charge on any atom is -0.481 e. The van der Waals surface area contributed by atoms with Gasteiger partial charge < -0.3 is 10.0 Å². The van der Waals surface area contributed by atoms with Crippen LogP contribution in [0.5, 0.6) is 0 Å². The highest BCUT2D eigenvalue weighted by molar-refractivity contribution is 5.93. The first-order valence-corrected chi connectivity index (χ1v) is 5.61. The molecule has 2 N–H and O–H groups in total. The Balaban J connectivity index is 2.00. The van der Waals surface area contributed by atoms with Crippen LogP contribution in [0.4, 0.5) is 0 Å². The van der Waals surface area contributed by atoms with Crippen molar-refractivity contribution in [3.63, 3.8) is 0 Å². The average molecular weight is 237 g/mol. The van der Waals surface area contributed by atoms with Crippen LogP contribution in [-0.4, -0.2) is 45.2 Å². The molecule has 0 saturated carbocycles. The van der Waals surface area contributed by atoms with Crippen molar-refractivity contribution in [2.45, 2.75) is 19.8 Å². The maximum absolute atomic E-state index is 12.1. The Labute approximate surface area is 98.6 Å². The summed E-state index contributed by atoms with van der Waals surface area (Å²) in [5.41, 5.74) is 1.31. The van der Waals surface area contributed by atoms with E-state index in [0.717, 1.165) is 5.56 Å². The van der Waals surface area contributed by atoms with Crippen LogP contribution in [-0.2, 0) is 4.79 Å². The number of nitrogens with zero attached hydrogens (tertiary/aromatic N) is 2. The molecule has 17 heavy (non-hydrogen) atoms. The zero-order chi connectivity index (χ0) is 12.4. The second-order valence-electron chi connectivity index (χ2n) is 4.33. The third-order valence-electron chi connectivity index (χ3n) is 3.17. The van der Waals surface area contributed by atoms with E-state index in [1.54, 1.807) is 11.1 Å². The van der Waals surface area contributed by atoms with E-state index in [2.05, 4.69) is 10.2 Å². The van der Waals surface area contributed by atoms with Gasteiger partial charge in [0.2, 0.25) is 0 Å². The molecule has 2 heterocycles. The van der Waals surface area contributed by atoms with E-state index in [9.17, 15) is 9.59 Å². The Hall–Kier alpha value is -1.85. The molecule has 1 saturated heterocycles. The number of carboxylic acids is 1. The zero-order valence-electron chi connectivity index (χ0n) is 9.64. The first-order chi connectivity index (χ1) is 8.09. The number of carbonyl (C=O) groups is 2. The third kappa shape index (κ3) is 2.30. The number of aromatic amines is 1. The number of nitrogens with one attached hydrogen (secondary N) is 1. The summed E-state index contributed by atoms with van der Waals surface area (Å²) in [5, 5.41) is 15.4. The molecule has 0 aromatic carbocycles. The molecule has 0 atom stereocenters. The molecule has 92 valence electrons. The van der Waals surface area contributed by atoms with Crippen LogP contribution in [0, 0.1) is 12.8 Å². The fraction of sp³-hybridized carbons (Fsp3) is 0.545. The number of hydrogen-bond donors (Lipinski definition) is 2. The quantitative estimate of drug-likeness (QED) is 0.791. The van der Waals surface area contributed by atoms with Gasteiger partial charge in [0.15, 0.2) is 0 Å². The van der Waals surface area contributed by atoms with Crippen LogP contribution in [0.15, 0.2) is 6.20 Å². The molecule has 0 bridgehead atoms. The zero-order valence-corrected chi connectivity index (χ0v) is 9.64. The second kappa shape index (κ2) is 4.57. The van der Waals surface area contributed by atoms with Crippen molar-refractivity contribution in [1.29, 1.82) is 0 Å². The highest BCUT2D eigenvalue weighted by Crippen LogP contribution is 2.19. The van der Waals surface area contributed by atoms with Gasteiger partial charge in [-0.15, -0.1) is 0 Å². The SMILES string of the molecule is Cc1cn[nH]c1C(=O)N1CCC(C(=O)O)CC1. The van der Waals surface area contributed by atoms with Crippen LogP contribution >= 0.6 is 0 Å². The van der Waals surface area contributed by atoms with E-state index in [1.807, 2.05) is 6.92 Å². The molecule has 1 aliphatic heterocycles. The first kappa shape index (κ1) is 11.6. The topological polar surface area (TPSA) is 86.3 Å². The minimum absolute atomic E-state index is 0.0937. The average Bonchev–Trinajstić information content (AvgIpc) is 2.74. The van der Waals surface area contributed by atoms with Crippen LogP contribution in [0.1, 0.15) is 28.9 Å². The fourth-order valence-corrected chi connectivity index (χ4v) is 2.05. The van der Waals surface area contributed by atoms with E-state index in [0.29, 0.717) is 31.6 Å². The predicted molar refractivity (Wildman–Crippen MR) is 59.6 cm³/mol. The van der Waals surface area contributed by atoms with Crippen molar-refractivity contribution in [3.05, 3.63) is 17.5 Å². The van der Waals surface area contributed by atoms with E-state index in [4.69, 9.17) is 5.11 Å². The van der Waals surface area contributed by atoms with Gasteiger partial charge in [0.1, 0.15) is 5.69 Å². The summed E-state index contributed by atoms with van der Waals surface area (Å²) in [7, 11) is 0. The number of aryl methyl sites for hydroxylation is 1. The van der Waals surface area contributed by atoms with Gasteiger partial charge in [-0.2, -0.15) is 5.10 Å². The highest BCUT2D eigenvalue weighted by Gasteiger charge is 2.28. The number of hydrogen-bond acceptors (Lipinski definition) is 3. The molecular formula is C11H15N3O3. The maximum Gasteiger partial charge on any atom is 0.306 e. The standard InChI is InChI=1S/C11H15N3O3/c1-7-6-12-13-9(7)10(15)14-4-2-8(3-5-14)11(16)17/h6,8H,2-5H2,1H3,(H,12,13)(H,16,17). The minimum atomic E-state index is -0.769. The molecule has 2 rings (SSSR count). The van der Waals surface area contributed by atoms with Gasteiger partial charge in [-0.25, -0.2) is 0 Å². The lowest BCUT2D eigenvalue weighted by Gasteiger charge is -2.29. The molecule has 1 fully saturated rings. The Bertz CT molecular complexity index is 433. The summed E-state index contributed by atoms with van der Waals surface area (Å²) in [6, 6.07) is 0. The monoisotopic (exact) mass is 237 g/mol. The van der Waals surface area contributed by atoms with Crippen LogP contribution in [0.25, 0.3) is 0 Å². The molecule has 1 aromatic rings. The summed E-state index contributed by atoms with van der Waals surface area (Å²) in [6.45, 7) is 2.81. The Morgan fingerprint density at radius 2 is 2.12 bits per heavy atom. The van der Waals surface area contributed by atoms with Gasteiger partial charge in [0.25, 0.3) is 5.91 Å². The molecule has 0 radical (unpaired) electrons. The molecule has 1 aliphatic rings. The molecule has 1 aromatic heterocycles. The molecule has 1 amide bonds. The van der Waals surface area contributed by atoms with Crippen molar-refractivity contribution in [2.24, 2.45) is 5.92 Å². The summed E-state index contributed by atoms with van der Waals surface area (Å²) in [5.74, 6) is -1.18. The summed E-state index contributed by atoms with van der Waals surface area (Å²) in [6.07, 6.45) is 2.65. The molecule has 6 heteroatoms. The Kier molecular flexibility index (Phi) is 3.12. The predicted octanol–water partition coefficient (Wildman–Crippen LogP) is 0.655. The van der Waals surface area contributed by atoms with E-state index < -0.39 is 5.97 Å². The van der Waals surface area contributed by atoms with Gasteiger partial charge in [-0.05, 0) is 25.3 Å². The highest BCUT2D eigenvalue weighted by atomic mass is 16.4. The summed E-state index contributed by atoms with van der Waals surface area (Å²) >= 11 is 0. The van der Waals surface area contributed by atoms with Gasteiger partial charge >= 0.3 is 5.97 Å². The lowest BCUT2D eigenvalue weighted by molar-refractivity contribution is -0.143. The third-order valence-corrected chi connectivity index (χ3v) is 3.17. The smallest absolute Gasteiger partial charge is 0.306 e. The summed E-state index contributed by atoms with van der Waals surface area (Å²) < 4.78 is 0. The Morgan fingerprint density at radius 1 is 1.47 bits per heavy atom. The Morgan fingerprint density at radius 3 is 2.59 bits per heavy atom. The largest absolute Gasteiger partial charge is 0.481 e. The molecule has 6 nitrogen and oxygen atoms in total. The molecular weight excluding hydrogens is 222 g/mol. The number of carboxylic acid groups (broad SMARTS) is 1. The number of amides is 1. The first-order valence-electron chi connectivity index (χ1n) is 5.61. The van der Waals surface area contributed by atoms with E-state index >= 15 is 0 Å². The fourth-order valence-electron chi connectivity index (χ4n) is 2.05. The number of likely N-dealkylation sites (tertiary alicyclic amines) is 1. The van der Waals surface area contributed by atoms with E-state index in [1.165, 1.54) is 0 Å². The van der Waals surface area contributed by atoms with Crippen LogP contribution in [0.3, 0.4) is 0 Å². The maximum atomic E-state index is 12.1.